The number of benzene rings is 2. The summed E-state index contributed by atoms with van der Waals surface area (Å²) < 4.78 is 47.4. The molecule has 202 valence electrons. The first-order valence-corrected chi connectivity index (χ1v) is 13.9. The molecule has 0 aliphatic carbocycles. The van der Waals surface area contributed by atoms with Gasteiger partial charge in [-0.3, -0.25) is 4.79 Å². The van der Waals surface area contributed by atoms with Gasteiger partial charge in [0.2, 0.25) is 15.9 Å². The zero-order valence-corrected chi connectivity index (χ0v) is 22.7. The molecule has 8 nitrogen and oxygen atoms in total. The van der Waals surface area contributed by atoms with E-state index < -0.39 is 40.2 Å². The number of piperidine rings is 1. The molecular weight excluding hydrogens is 546 g/mol. The summed E-state index contributed by atoms with van der Waals surface area (Å²) in [5.41, 5.74) is -0.859. The fraction of sp³-hybridized carbons (Fsp3) is 0.440. The van der Waals surface area contributed by atoms with Gasteiger partial charge in [-0.05, 0) is 55.7 Å². The highest BCUT2D eigenvalue weighted by Gasteiger charge is 2.38. The van der Waals surface area contributed by atoms with Crippen LogP contribution in [-0.2, 0) is 14.8 Å². The second kappa shape index (κ2) is 12.0. The SMILES string of the molecule is CC(C)(CCCOc1cc(Cl)ccc1Cl)C(=O)N[C@H]1CCN(S(=O)(=O)c2ccc(C(=O)O)cc2)C[C@@H]1F. The lowest BCUT2D eigenvalue weighted by atomic mass is 9.86. The Morgan fingerprint density at radius 2 is 1.86 bits per heavy atom. The van der Waals surface area contributed by atoms with Crippen LogP contribution < -0.4 is 10.1 Å². The van der Waals surface area contributed by atoms with Crippen LogP contribution in [0.4, 0.5) is 4.39 Å². The van der Waals surface area contributed by atoms with Gasteiger partial charge in [-0.2, -0.15) is 4.31 Å². The third kappa shape index (κ3) is 7.34. The number of sulfonamides is 1. The van der Waals surface area contributed by atoms with E-state index in [9.17, 15) is 22.4 Å². The number of amides is 1. The maximum atomic E-state index is 15.0. The molecule has 1 aliphatic rings. The van der Waals surface area contributed by atoms with Gasteiger partial charge in [-0.1, -0.05) is 37.0 Å². The molecule has 2 N–H and O–H groups in total. The van der Waals surface area contributed by atoms with Crippen molar-refractivity contribution in [3.05, 3.63) is 58.1 Å². The van der Waals surface area contributed by atoms with Gasteiger partial charge in [-0.15, -0.1) is 0 Å². The Morgan fingerprint density at radius 1 is 1.19 bits per heavy atom. The number of carboxylic acids is 1. The van der Waals surface area contributed by atoms with Gasteiger partial charge in [0.15, 0.2) is 0 Å². The van der Waals surface area contributed by atoms with Crippen molar-refractivity contribution in [2.24, 2.45) is 5.41 Å². The van der Waals surface area contributed by atoms with Crippen LogP contribution in [0.3, 0.4) is 0 Å². The average Bonchev–Trinajstić information content (AvgIpc) is 2.85. The van der Waals surface area contributed by atoms with E-state index >= 15 is 0 Å². The average molecular weight is 575 g/mol. The maximum Gasteiger partial charge on any atom is 0.335 e. The predicted octanol–water partition coefficient (Wildman–Crippen LogP) is 4.79. The molecular formula is C25H29Cl2FN2O6S. The summed E-state index contributed by atoms with van der Waals surface area (Å²) in [6.45, 7) is 3.42. The van der Waals surface area contributed by atoms with Crippen LogP contribution in [0, 0.1) is 5.41 Å². The summed E-state index contributed by atoms with van der Waals surface area (Å²) in [6, 6.07) is 8.82. The Balaban J connectivity index is 1.51. The second-order valence-corrected chi connectivity index (χ2v) is 12.3. The minimum Gasteiger partial charge on any atom is -0.492 e. The lowest BCUT2D eigenvalue weighted by Crippen LogP contribution is -2.55. The van der Waals surface area contributed by atoms with Crippen molar-refractivity contribution in [3.8, 4) is 5.75 Å². The number of alkyl halides is 1. The van der Waals surface area contributed by atoms with Crippen molar-refractivity contribution >= 4 is 45.1 Å². The lowest BCUT2D eigenvalue weighted by molar-refractivity contribution is -0.131. The van der Waals surface area contributed by atoms with Crippen LogP contribution >= 0.6 is 23.2 Å². The Morgan fingerprint density at radius 3 is 2.49 bits per heavy atom. The van der Waals surface area contributed by atoms with E-state index in [0.29, 0.717) is 35.2 Å². The molecule has 0 unspecified atom stereocenters. The molecule has 37 heavy (non-hydrogen) atoms. The molecule has 0 bridgehead atoms. The predicted molar refractivity (Wildman–Crippen MR) is 139 cm³/mol. The first-order chi connectivity index (χ1) is 17.3. The lowest BCUT2D eigenvalue weighted by Gasteiger charge is -2.36. The Kier molecular flexibility index (Phi) is 9.44. The van der Waals surface area contributed by atoms with E-state index in [-0.39, 0.29) is 29.3 Å². The Bertz CT molecular complexity index is 1240. The summed E-state index contributed by atoms with van der Waals surface area (Å²) >= 11 is 12.0. The molecule has 3 rings (SSSR count). The van der Waals surface area contributed by atoms with Gasteiger partial charge in [0.1, 0.15) is 11.9 Å². The fourth-order valence-electron chi connectivity index (χ4n) is 3.94. The number of hydrogen-bond acceptors (Lipinski definition) is 5. The van der Waals surface area contributed by atoms with Crippen LogP contribution in [0.15, 0.2) is 47.4 Å². The van der Waals surface area contributed by atoms with Crippen molar-refractivity contribution in [1.82, 2.24) is 9.62 Å². The number of carbonyl (C=O) groups is 2. The summed E-state index contributed by atoms with van der Waals surface area (Å²) in [5.74, 6) is -1.05. The van der Waals surface area contributed by atoms with Crippen molar-refractivity contribution in [1.29, 1.82) is 0 Å². The van der Waals surface area contributed by atoms with Crippen LogP contribution in [0.2, 0.25) is 10.0 Å². The first-order valence-electron chi connectivity index (χ1n) is 11.7. The number of aromatic carboxylic acids is 1. The smallest absolute Gasteiger partial charge is 0.335 e. The van der Waals surface area contributed by atoms with Crippen LogP contribution in [-0.4, -0.2) is 61.6 Å². The van der Waals surface area contributed by atoms with Crippen molar-refractivity contribution in [2.75, 3.05) is 19.7 Å². The number of halogens is 3. The highest BCUT2D eigenvalue weighted by molar-refractivity contribution is 7.89. The molecule has 0 radical (unpaired) electrons. The van der Waals surface area contributed by atoms with Gasteiger partial charge >= 0.3 is 5.97 Å². The number of ether oxygens (including phenoxy) is 1. The Hall–Kier alpha value is -2.40. The summed E-state index contributed by atoms with van der Waals surface area (Å²) in [5, 5.41) is 12.6. The molecule has 0 spiro atoms. The molecule has 0 saturated carbocycles. The normalized spacial score (nSPS) is 18.8. The maximum absolute atomic E-state index is 15.0. The van der Waals surface area contributed by atoms with E-state index in [1.165, 1.54) is 24.3 Å². The second-order valence-electron chi connectivity index (χ2n) is 9.49. The quantitative estimate of drug-likeness (QED) is 0.394. The molecule has 1 saturated heterocycles. The Labute approximate surface area is 225 Å². The molecule has 2 aromatic carbocycles. The molecule has 1 heterocycles. The third-order valence-electron chi connectivity index (χ3n) is 6.27. The number of rotatable bonds is 10. The van der Waals surface area contributed by atoms with Crippen molar-refractivity contribution in [3.63, 3.8) is 0 Å². The summed E-state index contributed by atoms with van der Waals surface area (Å²) in [4.78, 5) is 23.8. The zero-order chi connectivity index (χ0) is 27.4. The first kappa shape index (κ1) is 29.2. The van der Waals surface area contributed by atoms with Gasteiger partial charge in [0.05, 0.1) is 28.1 Å². The summed E-state index contributed by atoms with van der Waals surface area (Å²) in [6.07, 6.45) is -0.492. The standard InChI is InChI=1S/C25H29Cl2FN2O6S/c1-25(2,11-3-13-36-22-14-17(26)6-9-19(22)27)24(33)29-21-10-12-30(15-20(21)28)37(34,35)18-7-4-16(5-8-18)23(31)32/h4-9,14,20-21H,3,10-13,15H2,1-2H3,(H,29,33)(H,31,32)/t20-,21-/m0/s1. The summed E-state index contributed by atoms with van der Waals surface area (Å²) in [7, 11) is -4.01. The molecule has 12 heteroatoms. The fourth-order valence-corrected chi connectivity index (χ4v) is 5.73. The number of nitrogens with one attached hydrogen (secondary N) is 1. The van der Waals surface area contributed by atoms with Gasteiger partial charge < -0.3 is 15.2 Å². The minimum absolute atomic E-state index is 0.0169. The van der Waals surface area contributed by atoms with Gasteiger partial charge in [0.25, 0.3) is 0 Å². The van der Waals surface area contributed by atoms with E-state index in [1.807, 2.05) is 0 Å². The van der Waals surface area contributed by atoms with Gasteiger partial charge in [0, 0.05) is 29.6 Å². The van der Waals surface area contributed by atoms with Crippen LogP contribution in [0.25, 0.3) is 0 Å². The molecule has 1 amide bonds. The number of hydrogen-bond donors (Lipinski definition) is 2. The molecule has 2 aromatic rings. The third-order valence-corrected chi connectivity index (χ3v) is 8.70. The number of carboxylic acid groups (broad SMARTS) is 1. The van der Waals surface area contributed by atoms with Gasteiger partial charge in [-0.25, -0.2) is 17.6 Å². The van der Waals surface area contributed by atoms with E-state index in [1.54, 1.807) is 32.0 Å². The molecule has 2 atom stereocenters. The minimum atomic E-state index is -4.01. The van der Waals surface area contributed by atoms with E-state index in [2.05, 4.69) is 5.32 Å². The highest BCUT2D eigenvalue weighted by Crippen LogP contribution is 2.29. The topological polar surface area (TPSA) is 113 Å². The van der Waals surface area contributed by atoms with E-state index in [4.69, 9.17) is 33.0 Å². The van der Waals surface area contributed by atoms with E-state index in [0.717, 1.165) is 4.31 Å². The number of carbonyl (C=O) groups excluding carboxylic acids is 1. The van der Waals surface area contributed by atoms with Crippen LogP contribution in [0.5, 0.6) is 5.75 Å². The highest BCUT2D eigenvalue weighted by atomic mass is 35.5. The monoisotopic (exact) mass is 574 g/mol. The molecule has 1 fully saturated rings. The van der Waals surface area contributed by atoms with Crippen LogP contribution in [0.1, 0.15) is 43.5 Å². The van der Waals surface area contributed by atoms with Crippen molar-refractivity contribution < 1.29 is 32.2 Å². The number of nitrogens with zero attached hydrogens (tertiary/aromatic N) is 1. The molecule has 1 aliphatic heterocycles. The largest absolute Gasteiger partial charge is 0.492 e. The zero-order valence-electron chi connectivity index (χ0n) is 20.4. The van der Waals surface area contributed by atoms with Crippen molar-refractivity contribution in [2.45, 2.75) is 50.2 Å². The molecule has 0 aromatic heterocycles.